The molecule has 0 heterocycles. The third-order valence-electron chi connectivity index (χ3n) is 1.87. The minimum absolute atomic E-state index is 0.927. The zero-order valence-corrected chi connectivity index (χ0v) is 7.93. The zero-order valence-electron chi connectivity index (χ0n) is 7.93. The number of carboxylic acid groups (broad SMARTS) is 1. The van der Waals surface area contributed by atoms with Gasteiger partial charge in [-0.25, -0.2) is 32.1 Å². The van der Waals surface area contributed by atoms with Crippen LogP contribution in [0.25, 0.3) is 0 Å². The number of nitrogens with zero attached hydrogens (tertiary/aromatic N) is 1. The molecule has 17 heavy (non-hydrogen) atoms. The number of carbonyl (C=O) groups is 1. The summed E-state index contributed by atoms with van der Waals surface area (Å²) in [6.07, 6.45) is 0.927. The van der Waals surface area contributed by atoms with E-state index in [1.54, 1.807) is 0 Å². The number of benzene rings is 1. The molecule has 8 heteroatoms. The van der Waals surface area contributed by atoms with Crippen LogP contribution in [0.15, 0.2) is 4.99 Å². The van der Waals surface area contributed by atoms with Crippen LogP contribution >= 0.6 is 0 Å². The van der Waals surface area contributed by atoms with Crippen LogP contribution in [0.1, 0.15) is 15.9 Å². The largest absolute Gasteiger partial charge is 0.477 e. The number of hydrogen-bond acceptors (Lipinski definition) is 3. The van der Waals surface area contributed by atoms with Crippen molar-refractivity contribution >= 4 is 12.0 Å². The highest BCUT2D eigenvalue weighted by Gasteiger charge is 2.28. The van der Waals surface area contributed by atoms with E-state index in [0.29, 0.717) is 0 Å². The molecule has 0 fully saturated rings. The van der Waals surface area contributed by atoms with Gasteiger partial charge in [0.05, 0.1) is 12.1 Å². The van der Waals surface area contributed by atoms with Crippen LogP contribution in [0.2, 0.25) is 0 Å². The number of carboxylic acids is 1. The molecular weight excluding hydrogens is 246 g/mol. The van der Waals surface area contributed by atoms with E-state index in [0.717, 1.165) is 6.08 Å². The summed E-state index contributed by atoms with van der Waals surface area (Å²) in [7, 11) is 0. The van der Waals surface area contributed by atoms with E-state index in [2.05, 4.69) is 4.99 Å². The van der Waals surface area contributed by atoms with Crippen molar-refractivity contribution in [3.63, 3.8) is 0 Å². The lowest BCUT2D eigenvalue weighted by atomic mass is 10.1. The van der Waals surface area contributed by atoms with Gasteiger partial charge in [-0.1, -0.05) is 0 Å². The van der Waals surface area contributed by atoms with Crippen LogP contribution in [0.4, 0.5) is 17.6 Å². The van der Waals surface area contributed by atoms with Gasteiger partial charge in [-0.05, 0) is 0 Å². The standard InChI is InChI=1S/C9H3F4NO3/c10-5-3(1-14-2-15)6(11)8(13)4(7(5)12)9(16)17/h1H2,(H,16,17). The topological polar surface area (TPSA) is 66.7 Å². The summed E-state index contributed by atoms with van der Waals surface area (Å²) in [5.74, 6) is -10.1. The van der Waals surface area contributed by atoms with Crippen molar-refractivity contribution in [1.29, 1.82) is 0 Å². The number of rotatable bonds is 3. The summed E-state index contributed by atoms with van der Waals surface area (Å²) in [4.78, 5) is 22.9. The fourth-order valence-electron chi connectivity index (χ4n) is 1.12. The fraction of sp³-hybridized carbons (Fsp3) is 0.111. The van der Waals surface area contributed by atoms with E-state index >= 15 is 0 Å². The summed E-state index contributed by atoms with van der Waals surface area (Å²) >= 11 is 0. The molecule has 0 saturated heterocycles. The van der Waals surface area contributed by atoms with Crippen molar-refractivity contribution in [3.05, 3.63) is 34.4 Å². The van der Waals surface area contributed by atoms with Gasteiger partial charge < -0.3 is 5.11 Å². The SMILES string of the molecule is O=C=NCc1c(F)c(F)c(C(=O)O)c(F)c1F. The van der Waals surface area contributed by atoms with Crippen LogP contribution < -0.4 is 0 Å². The van der Waals surface area contributed by atoms with Gasteiger partial charge in [0.25, 0.3) is 0 Å². The minimum Gasteiger partial charge on any atom is -0.477 e. The van der Waals surface area contributed by atoms with E-state index in [9.17, 15) is 27.2 Å². The third kappa shape index (κ3) is 2.16. The Hall–Kier alpha value is -2.21. The number of halogens is 4. The molecule has 0 atom stereocenters. The monoisotopic (exact) mass is 249 g/mol. The Kier molecular flexibility index (Phi) is 3.59. The highest BCUT2D eigenvalue weighted by Crippen LogP contribution is 2.24. The highest BCUT2D eigenvalue weighted by atomic mass is 19.2. The first kappa shape index (κ1) is 12.9. The maximum absolute atomic E-state index is 13.2. The average molecular weight is 249 g/mol. The van der Waals surface area contributed by atoms with Gasteiger partial charge in [-0.15, -0.1) is 0 Å². The van der Waals surface area contributed by atoms with Crippen LogP contribution in [-0.4, -0.2) is 17.2 Å². The molecule has 0 aliphatic heterocycles. The smallest absolute Gasteiger partial charge is 0.341 e. The van der Waals surface area contributed by atoms with Crippen molar-refractivity contribution < 1.29 is 32.3 Å². The second-order valence-corrected chi connectivity index (χ2v) is 2.82. The molecule has 0 amide bonds. The molecule has 0 spiro atoms. The summed E-state index contributed by atoms with van der Waals surface area (Å²) < 4.78 is 52.5. The summed E-state index contributed by atoms with van der Waals surface area (Å²) in [5.41, 5.74) is -2.91. The highest BCUT2D eigenvalue weighted by molar-refractivity contribution is 5.88. The van der Waals surface area contributed by atoms with Crippen LogP contribution in [0.3, 0.4) is 0 Å². The lowest BCUT2D eigenvalue weighted by Crippen LogP contribution is -2.12. The van der Waals surface area contributed by atoms with Gasteiger partial charge in [0.15, 0.2) is 23.3 Å². The molecule has 0 unspecified atom stereocenters. The molecule has 0 aromatic heterocycles. The summed E-state index contributed by atoms with van der Waals surface area (Å²) in [6, 6.07) is 0. The molecular formula is C9H3F4NO3. The van der Waals surface area contributed by atoms with E-state index in [1.807, 2.05) is 0 Å². The summed E-state index contributed by atoms with van der Waals surface area (Å²) in [5, 5.41) is 8.36. The number of carbonyl (C=O) groups excluding carboxylic acids is 1. The zero-order chi connectivity index (χ0) is 13.2. The molecule has 1 N–H and O–H groups in total. The van der Waals surface area contributed by atoms with Crippen molar-refractivity contribution in [1.82, 2.24) is 0 Å². The Bertz CT molecular complexity index is 509. The maximum Gasteiger partial charge on any atom is 0.341 e. The van der Waals surface area contributed by atoms with Crippen molar-refractivity contribution in [3.8, 4) is 0 Å². The molecule has 0 aliphatic rings. The van der Waals surface area contributed by atoms with Gasteiger partial charge in [0.1, 0.15) is 5.56 Å². The fourth-order valence-corrected chi connectivity index (χ4v) is 1.12. The predicted molar refractivity (Wildman–Crippen MR) is 45.1 cm³/mol. The first-order valence-electron chi connectivity index (χ1n) is 4.03. The lowest BCUT2D eigenvalue weighted by Gasteiger charge is -2.07. The number of aliphatic imine (C=N–C) groups is 1. The van der Waals surface area contributed by atoms with E-state index in [4.69, 9.17) is 5.11 Å². The molecule has 0 radical (unpaired) electrons. The minimum atomic E-state index is -2.15. The number of aromatic carboxylic acids is 1. The Morgan fingerprint density at radius 3 is 1.94 bits per heavy atom. The van der Waals surface area contributed by atoms with E-state index in [1.165, 1.54) is 0 Å². The normalized spacial score (nSPS) is 9.88. The Morgan fingerprint density at radius 1 is 1.12 bits per heavy atom. The molecule has 0 saturated carbocycles. The first-order valence-corrected chi connectivity index (χ1v) is 4.03. The van der Waals surface area contributed by atoms with Gasteiger partial charge in [0, 0.05) is 0 Å². The lowest BCUT2D eigenvalue weighted by molar-refractivity contribution is 0.0683. The number of hydrogen-bond donors (Lipinski definition) is 1. The van der Waals surface area contributed by atoms with Crippen molar-refractivity contribution in [2.24, 2.45) is 4.99 Å². The molecule has 1 aromatic rings. The quantitative estimate of drug-likeness (QED) is 0.384. The van der Waals surface area contributed by atoms with Crippen molar-refractivity contribution in [2.75, 3.05) is 0 Å². The van der Waals surface area contributed by atoms with E-state index in [-0.39, 0.29) is 0 Å². The van der Waals surface area contributed by atoms with Gasteiger partial charge >= 0.3 is 5.97 Å². The van der Waals surface area contributed by atoms with Crippen molar-refractivity contribution in [2.45, 2.75) is 6.54 Å². The van der Waals surface area contributed by atoms with Gasteiger partial charge in [0.2, 0.25) is 6.08 Å². The maximum atomic E-state index is 13.2. The van der Waals surface area contributed by atoms with Gasteiger partial charge in [-0.2, -0.15) is 0 Å². The second-order valence-electron chi connectivity index (χ2n) is 2.82. The first-order chi connectivity index (χ1) is 7.91. The predicted octanol–water partition coefficient (Wildman–Crippen LogP) is 1.78. The van der Waals surface area contributed by atoms with Crippen LogP contribution in [0, 0.1) is 23.3 Å². The average Bonchev–Trinajstić information content (AvgIpc) is 2.26. The Balaban J connectivity index is 3.57. The van der Waals surface area contributed by atoms with E-state index < -0.39 is 46.9 Å². The molecule has 0 bridgehead atoms. The second kappa shape index (κ2) is 4.75. The molecule has 1 rings (SSSR count). The molecule has 1 aromatic carbocycles. The Morgan fingerprint density at radius 2 is 1.59 bits per heavy atom. The van der Waals surface area contributed by atoms with Crippen LogP contribution in [0.5, 0.6) is 0 Å². The molecule has 4 nitrogen and oxygen atoms in total. The Labute approximate surface area is 91.2 Å². The molecule has 90 valence electrons. The van der Waals surface area contributed by atoms with Crippen LogP contribution in [-0.2, 0) is 11.3 Å². The van der Waals surface area contributed by atoms with Gasteiger partial charge in [-0.3, -0.25) is 0 Å². The summed E-state index contributed by atoms with van der Waals surface area (Å²) in [6.45, 7) is -0.977. The third-order valence-corrected chi connectivity index (χ3v) is 1.87. The molecule has 0 aliphatic carbocycles. The number of isocyanates is 1.